The molecule has 0 atom stereocenters. The Morgan fingerprint density at radius 3 is 2.92 bits per heavy atom. The molecule has 126 valence electrons. The molecule has 1 aromatic carbocycles. The predicted molar refractivity (Wildman–Crippen MR) is 96.0 cm³/mol. The van der Waals surface area contributed by atoms with Gasteiger partial charge in [-0.1, -0.05) is 12.1 Å². The maximum Gasteiger partial charge on any atom is 0.223 e. The van der Waals surface area contributed by atoms with E-state index < -0.39 is 5.67 Å². The van der Waals surface area contributed by atoms with Gasteiger partial charge in [-0.05, 0) is 37.1 Å². The number of halogens is 1. The summed E-state index contributed by atoms with van der Waals surface area (Å²) in [5.41, 5.74) is 3.78. The molecule has 0 spiro atoms. The normalized spacial score (nSPS) is 13.6. The molecule has 1 aliphatic carbocycles. The lowest BCUT2D eigenvalue weighted by molar-refractivity contribution is 0.234. The third-order valence-electron chi connectivity index (χ3n) is 4.14. The zero-order valence-corrected chi connectivity index (χ0v) is 14.1. The summed E-state index contributed by atoms with van der Waals surface area (Å²) in [6, 6.07) is 6.12. The molecule has 0 saturated carbocycles. The SMILES string of the molecule is CC(C)(F)CNc1ncc2c(n1)CC=C2c1ccc2ncncc2c1. The maximum atomic E-state index is 13.6. The summed E-state index contributed by atoms with van der Waals surface area (Å²) in [6.45, 7) is 3.23. The molecule has 0 fully saturated rings. The Hall–Kier alpha value is -2.89. The second kappa shape index (κ2) is 5.88. The van der Waals surface area contributed by atoms with Gasteiger partial charge in [0.25, 0.3) is 0 Å². The number of nitrogens with zero attached hydrogens (tertiary/aromatic N) is 4. The first kappa shape index (κ1) is 15.6. The Bertz CT molecular complexity index is 975. The van der Waals surface area contributed by atoms with Gasteiger partial charge in [0.05, 0.1) is 17.8 Å². The van der Waals surface area contributed by atoms with Crippen molar-refractivity contribution in [2.45, 2.75) is 25.9 Å². The van der Waals surface area contributed by atoms with Crippen LogP contribution in [0.15, 0.2) is 43.0 Å². The molecular weight excluding hydrogens is 317 g/mol. The second-order valence-electron chi connectivity index (χ2n) is 6.74. The quantitative estimate of drug-likeness (QED) is 0.790. The summed E-state index contributed by atoms with van der Waals surface area (Å²) in [5.74, 6) is 0.464. The van der Waals surface area contributed by atoms with Gasteiger partial charge in [0.1, 0.15) is 12.0 Å². The summed E-state index contributed by atoms with van der Waals surface area (Å²) in [6.07, 6.45) is 8.05. The van der Waals surface area contributed by atoms with Crippen molar-refractivity contribution in [2.75, 3.05) is 11.9 Å². The van der Waals surface area contributed by atoms with E-state index >= 15 is 0 Å². The average Bonchev–Trinajstić information content (AvgIpc) is 3.02. The van der Waals surface area contributed by atoms with Crippen LogP contribution in [-0.4, -0.2) is 32.1 Å². The summed E-state index contributed by atoms with van der Waals surface area (Å²) >= 11 is 0. The lowest BCUT2D eigenvalue weighted by atomic mass is 10.0. The van der Waals surface area contributed by atoms with E-state index in [2.05, 4.69) is 37.4 Å². The number of rotatable bonds is 4. The number of aromatic nitrogens is 4. The maximum absolute atomic E-state index is 13.6. The predicted octanol–water partition coefficient (Wildman–Crippen LogP) is 3.57. The standard InChI is InChI=1S/C19H18FN5/c1-19(2,20)10-23-18-22-9-15-14(4-6-17(15)25-18)12-3-5-16-13(7-12)8-21-11-24-16/h3-5,7-9,11H,6,10H2,1-2H3,(H,22,23,25). The molecule has 5 nitrogen and oxygen atoms in total. The van der Waals surface area contributed by atoms with Crippen LogP contribution in [0.5, 0.6) is 0 Å². The fourth-order valence-corrected chi connectivity index (χ4v) is 2.91. The molecule has 3 aromatic rings. The van der Waals surface area contributed by atoms with Crippen molar-refractivity contribution in [2.24, 2.45) is 0 Å². The molecule has 1 N–H and O–H groups in total. The first-order chi connectivity index (χ1) is 12.0. The van der Waals surface area contributed by atoms with Gasteiger partial charge in [0.15, 0.2) is 0 Å². The van der Waals surface area contributed by atoms with Gasteiger partial charge in [0, 0.05) is 29.8 Å². The van der Waals surface area contributed by atoms with Crippen LogP contribution < -0.4 is 5.32 Å². The van der Waals surface area contributed by atoms with Crippen LogP contribution in [0, 0.1) is 0 Å². The molecule has 0 amide bonds. The van der Waals surface area contributed by atoms with E-state index in [1.54, 1.807) is 12.5 Å². The van der Waals surface area contributed by atoms with Crippen molar-refractivity contribution in [3.63, 3.8) is 0 Å². The van der Waals surface area contributed by atoms with Crippen LogP contribution >= 0.6 is 0 Å². The minimum absolute atomic E-state index is 0.177. The molecule has 0 unspecified atom stereocenters. The van der Waals surface area contributed by atoms with Gasteiger partial charge in [-0.25, -0.2) is 24.3 Å². The fourth-order valence-electron chi connectivity index (χ4n) is 2.91. The topological polar surface area (TPSA) is 63.6 Å². The van der Waals surface area contributed by atoms with Crippen LogP contribution in [0.25, 0.3) is 16.5 Å². The van der Waals surface area contributed by atoms with Gasteiger partial charge in [-0.3, -0.25) is 0 Å². The summed E-state index contributed by atoms with van der Waals surface area (Å²) < 4.78 is 13.6. The van der Waals surface area contributed by atoms with E-state index in [9.17, 15) is 4.39 Å². The summed E-state index contributed by atoms with van der Waals surface area (Å²) in [7, 11) is 0. The molecule has 2 aromatic heterocycles. The Kier molecular flexibility index (Phi) is 3.67. The van der Waals surface area contributed by atoms with Crippen molar-refractivity contribution >= 4 is 22.4 Å². The molecule has 0 saturated heterocycles. The minimum Gasteiger partial charge on any atom is -0.351 e. The highest BCUT2D eigenvalue weighted by Gasteiger charge is 2.20. The number of alkyl halides is 1. The van der Waals surface area contributed by atoms with Crippen molar-refractivity contribution in [3.8, 4) is 0 Å². The molecule has 2 heterocycles. The van der Waals surface area contributed by atoms with Crippen molar-refractivity contribution in [1.29, 1.82) is 0 Å². The molecule has 4 rings (SSSR count). The lowest BCUT2D eigenvalue weighted by Crippen LogP contribution is -2.25. The Balaban J connectivity index is 1.62. The van der Waals surface area contributed by atoms with Gasteiger partial charge < -0.3 is 5.32 Å². The molecule has 0 bridgehead atoms. The van der Waals surface area contributed by atoms with Crippen LogP contribution in [-0.2, 0) is 6.42 Å². The van der Waals surface area contributed by atoms with E-state index in [1.165, 1.54) is 13.8 Å². The lowest BCUT2D eigenvalue weighted by Gasteiger charge is -2.15. The number of hydrogen-bond acceptors (Lipinski definition) is 5. The number of allylic oxidation sites excluding steroid dienone is 1. The Morgan fingerprint density at radius 2 is 2.08 bits per heavy atom. The van der Waals surface area contributed by atoms with E-state index in [0.29, 0.717) is 5.95 Å². The smallest absolute Gasteiger partial charge is 0.223 e. The number of fused-ring (bicyclic) bond motifs is 2. The third kappa shape index (κ3) is 3.20. The Morgan fingerprint density at radius 1 is 1.20 bits per heavy atom. The fraction of sp³-hybridized carbons (Fsp3) is 0.263. The number of hydrogen-bond donors (Lipinski definition) is 1. The summed E-state index contributed by atoms with van der Waals surface area (Å²) in [5, 5.41) is 3.96. The van der Waals surface area contributed by atoms with Gasteiger partial charge in [-0.2, -0.15) is 0 Å². The van der Waals surface area contributed by atoms with Crippen LogP contribution in [0.3, 0.4) is 0 Å². The van der Waals surface area contributed by atoms with Crippen LogP contribution in [0.4, 0.5) is 10.3 Å². The van der Waals surface area contributed by atoms with E-state index in [1.807, 2.05) is 18.3 Å². The summed E-state index contributed by atoms with van der Waals surface area (Å²) in [4.78, 5) is 17.2. The average molecular weight is 335 g/mol. The largest absolute Gasteiger partial charge is 0.351 e. The number of anilines is 1. The van der Waals surface area contributed by atoms with Crippen molar-refractivity contribution < 1.29 is 4.39 Å². The van der Waals surface area contributed by atoms with Crippen LogP contribution in [0.2, 0.25) is 0 Å². The molecule has 6 heteroatoms. The minimum atomic E-state index is -1.31. The van der Waals surface area contributed by atoms with Crippen molar-refractivity contribution in [3.05, 3.63) is 59.8 Å². The molecule has 1 aliphatic rings. The first-order valence-electron chi connectivity index (χ1n) is 8.19. The van der Waals surface area contributed by atoms with Gasteiger partial charge in [-0.15, -0.1) is 0 Å². The molecule has 0 radical (unpaired) electrons. The third-order valence-corrected chi connectivity index (χ3v) is 4.14. The zero-order valence-electron chi connectivity index (χ0n) is 14.1. The zero-order chi connectivity index (χ0) is 17.4. The number of benzene rings is 1. The molecule has 0 aliphatic heterocycles. The van der Waals surface area contributed by atoms with Crippen molar-refractivity contribution in [1.82, 2.24) is 19.9 Å². The van der Waals surface area contributed by atoms with E-state index in [0.717, 1.165) is 39.7 Å². The number of nitrogens with one attached hydrogen (secondary N) is 1. The highest BCUT2D eigenvalue weighted by molar-refractivity contribution is 5.89. The first-order valence-corrected chi connectivity index (χ1v) is 8.19. The van der Waals surface area contributed by atoms with E-state index in [-0.39, 0.29) is 6.54 Å². The highest BCUT2D eigenvalue weighted by Crippen LogP contribution is 2.32. The molecular formula is C19H18FN5. The highest BCUT2D eigenvalue weighted by atomic mass is 19.1. The Labute approximate surface area is 145 Å². The van der Waals surface area contributed by atoms with Gasteiger partial charge in [0.2, 0.25) is 5.95 Å². The monoisotopic (exact) mass is 335 g/mol. The van der Waals surface area contributed by atoms with Gasteiger partial charge >= 0.3 is 0 Å². The molecule has 25 heavy (non-hydrogen) atoms. The van der Waals surface area contributed by atoms with E-state index in [4.69, 9.17) is 0 Å². The second-order valence-corrected chi connectivity index (χ2v) is 6.74. The van der Waals surface area contributed by atoms with Crippen LogP contribution in [0.1, 0.15) is 30.7 Å².